The third-order valence-corrected chi connectivity index (χ3v) is 3.49. The molecule has 0 saturated heterocycles. The summed E-state index contributed by atoms with van der Waals surface area (Å²) in [5, 5.41) is 2.91. The van der Waals surface area contributed by atoms with Crippen molar-refractivity contribution in [3.63, 3.8) is 0 Å². The minimum atomic E-state index is -0.0212. The second-order valence-corrected chi connectivity index (χ2v) is 5.45. The minimum Gasteiger partial charge on any atom is -0.398 e. The fourth-order valence-corrected chi connectivity index (χ4v) is 2.23. The molecule has 5 nitrogen and oxygen atoms in total. The molecule has 0 unspecified atom stereocenters. The largest absolute Gasteiger partial charge is 0.398 e. The molecular weight excluding hydrogens is 264 g/mol. The number of nitrogens with two attached hydrogens (primary N) is 1. The first-order chi connectivity index (χ1) is 9.99. The third-order valence-electron chi connectivity index (χ3n) is 3.49. The first kappa shape index (κ1) is 15.1. The second kappa shape index (κ2) is 6.43. The summed E-state index contributed by atoms with van der Waals surface area (Å²) >= 11 is 0. The number of nitrogens with zero attached hydrogens (tertiary/aromatic N) is 2. The number of anilines is 2. The number of carbonyl (C=O) groups excluding carboxylic acids is 1. The minimum absolute atomic E-state index is 0.0212. The number of benzene rings is 1. The predicted molar refractivity (Wildman–Crippen MR) is 85.2 cm³/mol. The van der Waals surface area contributed by atoms with Crippen LogP contribution in [0.5, 0.6) is 0 Å². The van der Waals surface area contributed by atoms with Gasteiger partial charge in [-0.15, -0.1) is 0 Å². The van der Waals surface area contributed by atoms with E-state index >= 15 is 0 Å². The van der Waals surface area contributed by atoms with Crippen LogP contribution in [0.1, 0.15) is 37.6 Å². The monoisotopic (exact) mass is 286 g/mol. The Labute approximate surface area is 125 Å². The van der Waals surface area contributed by atoms with Crippen molar-refractivity contribution in [2.24, 2.45) is 0 Å². The smallest absolute Gasteiger partial charge is 0.226 e. The van der Waals surface area contributed by atoms with Crippen molar-refractivity contribution in [3.05, 3.63) is 42.0 Å². The summed E-state index contributed by atoms with van der Waals surface area (Å²) in [6.07, 6.45) is 4.09. The van der Waals surface area contributed by atoms with Gasteiger partial charge in [-0.1, -0.05) is 19.9 Å². The molecule has 0 fully saturated rings. The molecule has 1 aromatic carbocycles. The number of hydrogen-bond donors (Lipinski definition) is 2. The molecule has 0 aliphatic rings. The first-order valence-electron chi connectivity index (χ1n) is 7.15. The summed E-state index contributed by atoms with van der Waals surface area (Å²) in [4.78, 5) is 16.4. The Balaban J connectivity index is 1.96. The number of aromatic nitrogens is 2. The highest BCUT2D eigenvalue weighted by Gasteiger charge is 2.10. The van der Waals surface area contributed by atoms with Crippen LogP contribution in [0.3, 0.4) is 0 Å². The lowest BCUT2D eigenvalue weighted by Crippen LogP contribution is -2.16. The molecule has 0 atom stereocenters. The Morgan fingerprint density at radius 2 is 2.19 bits per heavy atom. The van der Waals surface area contributed by atoms with Gasteiger partial charge in [-0.2, -0.15) is 0 Å². The van der Waals surface area contributed by atoms with Gasteiger partial charge in [-0.3, -0.25) is 4.79 Å². The van der Waals surface area contributed by atoms with Crippen LogP contribution in [0.15, 0.2) is 30.6 Å². The summed E-state index contributed by atoms with van der Waals surface area (Å²) in [7, 11) is 0. The second-order valence-electron chi connectivity index (χ2n) is 5.45. The summed E-state index contributed by atoms with van der Waals surface area (Å²) in [6, 6.07) is 5.52. The van der Waals surface area contributed by atoms with Gasteiger partial charge in [0.2, 0.25) is 5.91 Å². The Hall–Kier alpha value is -2.30. The molecule has 0 spiro atoms. The molecule has 1 heterocycles. The van der Waals surface area contributed by atoms with E-state index in [-0.39, 0.29) is 5.91 Å². The van der Waals surface area contributed by atoms with Gasteiger partial charge in [0.1, 0.15) is 5.82 Å². The highest BCUT2D eigenvalue weighted by molar-refractivity contribution is 5.92. The molecule has 2 rings (SSSR count). The Morgan fingerprint density at radius 3 is 2.90 bits per heavy atom. The van der Waals surface area contributed by atoms with E-state index in [1.165, 1.54) is 0 Å². The topological polar surface area (TPSA) is 72.9 Å². The van der Waals surface area contributed by atoms with Crippen LogP contribution in [0.2, 0.25) is 0 Å². The zero-order valence-electron chi connectivity index (χ0n) is 12.8. The van der Waals surface area contributed by atoms with Gasteiger partial charge in [-0.25, -0.2) is 4.98 Å². The summed E-state index contributed by atoms with van der Waals surface area (Å²) < 4.78 is 2.02. The van der Waals surface area contributed by atoms with Crippen molar-refractivity contribution in [2.45, 2.75) is 39.7 Å². The summed E-state index contributed by atoms with van der Waals surface area (Å²) in [5.74, 6) is 1.33. The Morgan fingerprint density at radius 1 is 1.43 bits per heavy atom. The van der Waals surface area contributed by atoms with Crippen molar-refractivity contribution in [1.82, 2.24) is 9.55 Å². The fourth-order valence-electron chi connectivity index (χ4n) is 2.23. The first-order valence-corrected chi connectivity index (χ1v) is 7.15. The van der Waals surface area contributed by atoms with Crippen LogP contribution in [0.4, 0.5) is 11.4 Å². The van der Waals surface area contributed by atoms with E-state index in [9.17, 15) is 4.79 Å². The van der Waals surface area contributed by atoms with Crippen molar-refractivity contribution in [3.8, 4) is 0 Å². The molecular formula is C16H22N4O. The zero-order valence-corrected chi connectivity index (χ0v) is 12.8. The van der Waals surface area contributed by atoms with E-state index in [0.29, 0.717) is 24.6 Å². The van der Waals surface area contributed by atoms with E-state index in [2.05, 4.69) is 24.1 Å². The van der Waals surface area contributed by atoms with E-state index in [1.54, 1.807) is 6.20 Å². The predicted octanol–water partition coefficient (Wildman–Crippen LogP) is 2.93. The molecule has 0 aliphatic heterocycles. The Bertz CT molecular complexity index is 631. The number of nitrogens with one attached hydrogen (secondary N) is 1. The normalized spacial score (nSPS) is 10.9. The van der Waals surface area contributed by atoms with Crippen molar-refractivity contribution >= 4 is 17.3 Å². The number of imidazole rings is 1. The maximum Gasteiger partial charge on any atom is 0.226 e. The van der Waals surface area contributed by atoms with Crippen molar-refractivity contribution < 1.29 is 4.79 Å². The van der Waals surface area contributed by atoms with Crippen LogP contribution in [-0.2, 0) is 11.3 Å². The molecule has 2 aromatic rings. The van der Waals surface area contributed by atoms with Gasteiger partial charge in [0.25, 0.3) is 0 Å². The van der Waals surface area contributed by atoms with E-state index in [4.69, 9.17) is 5.73 Å². The molecule has 1 amide bonds. The van der Waals surface area contributed by atoms with E-state index < -0.39 is 0 Å². The number of nitrogen functional groups attached to an aromatic ring is 1. The molecule has 0 saturated carbocycles. The van der Waals surface area contributed by atoms with Crippen molar-refractivity contribution in [1.29, 1.82) is 0 Å². The van der Waals surface area contributed by atoms with Crippen LogP contribution in [-0.4, -0.2) is 15.5 Å². The van der Waals surface area contributed by atoms with Crippen LogP contribution < -0.4 is 11.1 Å². The zero-order chi connectivity index (χ0) is 15.4. The van der Waals surface area contributed by atoms with E-state index in [1.807, 2.05) is 35.9 Å². The number of rotatable bonds is 5. The molecule has 5 heteroatoms. The Kier molecular flexibility index (Phi) is 4.62. The van der Waals surface area contributed by atoms with Crippen LogP contribution in [0, 0.1) is 6.92 Å². The molecule has 112 valence electrons. The molecule has 0 bridgehead atoms. The van der Waals surface area contributed by atoms with Gasteiger partial charge in [0.15, 0.2) is 0 Å². The number of aryl methyl sites for hydroxylation is 1. The molecule has 1 aromatic heterocycles. The lowest BCUT2D eigenvalue weighted by molar-refractivity contribution is -0.116. The van der Waals surface area contributed by atoms with E-state index in [0.717, 1.165) is 17.1 Å². The van der Waals surface area contributed by atoms with Gasteiger partial charge in [0, 0.05) is 42.7 Å². The van der Waals surface area contributed by atoms with Gasteiger partial charge in [-0.05, 0) is 24.6 Å². The highest BCUT2D eigenvalue weighted by atomic mass is 16.1. The maximum absolute atomic E-state index is 12.1. The standard InChI is InChI=1S/C16H22N4O/c1-11(2)16-18-8-10-20(16)9-7-15(21)19-14-6-4-5-13(17)12(14)3/h4-6,8,10-11H,7,9,17H2,1-3H3,(H,19,21). The van der Waals surface area contributed by atoms with Crippen molar-refractivity contribution in [2.75, 3.05) is 11.1 Å². The molecule has 3 N–H and O–H groups in total. The third kappa shape index (κ3) is 3.62. The quantitative estimate of drug-likeness (QED) is 0.830. The van der Waals surface area contributed by atoms with Gasteiger partial charge < -0.3 is 15.6 Å². The maximum atomic E-state index is 12.1. The van der Waals surface area contributed by atoms with Crippen LogP contribution >= 0.6 is 0 Å². The average Bonchev–Trinajstić information content (AvgIpc) is 2.90. The molecule has 0 aliphatic carbocycles. The summed E-state index contributed by atoms with van der Waals surface area (Å²) in [5.41, 5.74) is 8.19. The summed E-state index contributed by atoms with van der Waals surface area (Å²) in [6.45, 7) is 6.71. The van der Waals surface area contributed by atoms with Gasteiger partial charge in [0.05, 0.1) is 0 Å². The number of carbonyl (C=O) groups is 1. The molecule has 21 heavy (non-hydrogen) atoms. The van der Waals surface area contributed by atoms with Gasteiger partial charge >= 0.3 is 0 Å². The molecule has 0 radical (unpaired) electrons. The lowest BCUT2D eigenvalue weighted by atomic mass is 10.1. The number of hydrogen-bond acceptors (Lipinski definition) is 3. The lowest BCUT2D eigenvalue weighted by Gasteiger charge is -2.12. The fraction of sp³-hybridized carbons (Fsp3) is 0.375. The SMILES string of the molecule is Cc1c(N)cccc1NC(=O)CCn1ccnc1C(C)C. The average molecular weight is 286 g/mol. The number of amides is 1. The van der Waals surface area contributed by atoms with Crippen LogP contribution in [0.25, 0.3) is 0 Å². The highest BCUT2D eigenvalue weighted by Crippen LogP contribution is 2.20.